The van der Waals surface area contributed by atoms with Crippen LogP contribution in [0.25, 0.3) is 0 Å². The van der Waals surface area contributed by atoms with E-state index in [0.717, 1.165) is 37.7 Å². The second-order valence-corrected chi connectivity index (χ2v) is 5.94. The van der Waals surface area contributed by atoms with E-state index < -0.39 is 6.10 Å². The van der Waals surface area contributed by atoms with Gasteiger partial charge in [-0.1, -0.05) is 49.6 Å². The van der Waals surface area contributed by atoms with Gasteiger partial charge in [-0.25, -0.2) is 0 Å². The van der Waals surface area contributed by atoms with E-state index in [0.29, 0.717) is 13.0 Å². The van der Waals surface area contributed by atoms with E-state index in [4.69, 9.17) is 5.73 Å². The van der Waals surface area contributed by atoms with E-state index >= 15 is 0 Å². The van der Waals surface area contributed by atoms with Crippen LogP contribution in [0.2, 0.25) is 0 Å². The first-order valence-corrected chi connectivity index (χ1v) is 7.93. The number of aliphatic hydroxyl groups is 1. The molecular weight excluding hydrogens is 264 g/mol. The van der Waals surface area contributed by atoms with Gasteiger partial charge < -0.3 is 16.2 Å². The first-order valence-electron chi connectivity index (χ1n) is 7.93. The summed E-state index contributed by atoms with van der Waals surface area (Å²) < 4.78 is 0. The maximum Gasteiger partial charge on any atom is 0.225 e. The number of nitrogens with two attached hydrogens (primary N) is 1. The highest BCUT2D eigenvalue weighted by molar-refractivity contribution is 5.79. The van der Waals surface area contributed by atoms with Crippen LogP contribution in [0.1, 0.15) is 37.7 Å². The van der Waals surface area contributed by atoms with E-state index in [-0.39, 0.29) is 17.9 Å². The van der Waals surface area contributed by atoms with Crippen molar-refractivity contribution >= 4 is 5.91 Å². The normalized spacial score (nSPS) is 24.1. The van der Waals surface area contributed by atoms with Crippen LogP contribution in [0.4, 0.5) is 0 Å². The average molecular weight is 290 g/mol. The maximum absolute atomic E-state index is 12.4. The number of rotatable bonds is 5. The fourth-order valence-electron chi connectivity index (χ4n) is 2.94. The number of nitrogens with one attached hydrogen (secondary N) is 1. The zero-order valence-corrected chi connectivity index (χ0v) is 12.5. The number of hydrogen-bond donors (Lipinski definition) is 3. The lowest BCUT2D eigenvalue weighted by molar-refractivity contribution is -0.126. The van der Waals surface area contributed by atoms with Crippen molar-refractivity contribution in [1.29, 1.82) is 0 Å². The minimum atomic E-state index is -0.424. The van der Waals surface area contributed by atoms with Gasteiger partial charge in [0.2, 0.25) is 5.91 Å². The van der Waals surface area contributed by atoms with Crippen LogP contribution in [0, 0.1) is 5.92 Å². The van der Waals surface area contributed by atoms with Crippen LogP contribution in [0.15, 0.2) is 30.3 Å². The van der Waals surface area contributed by atoms with Gasteiger partial charge >= 0.3 is 0 Å². The second-order valence-electron chi connectivity index (χ2n) is 5.94. The molecule has 0 aliphatic heterocycles. The average Bonchev–Trinajstić information content (AvgIpc) is 2.71. The highest BCUT2D eigenvalue weighted by atomic mass is 16.3. The van der Waals surface area contributed by atoms with E-state index in [1.165, 1.54) is 0 Å². The van der Waals surface area contributed by atoms with Gasteiger partial charge in [-0.2, -0.15) is 0 Å². The highest BCUT2D eigenvalue weighted by Gasteiger charge is 2.26. The third kappa shape index (κ3) is 4.83. The summed E-state index contributed by atoms with van der Waals surface area (Å²) in [5, 5.41) is 13.1. The quantitative estimate of drug-likeness (QED) is 0.721. The minimum absolute atomic E-state index is 0.0349. The Labute approximate surface area is 126 Å². The van der Waals surface area contributed by atoms with Gasteiger partial charge in [0.1, 0.15) is 0 Å². The summed E-state index contributed by atoms with van der Waals surface area (Å²) in [6.45, 7) is 0.323. The minimum Gasteiger partial charge on any atom is -0.391 e. The molecule has 1 aliphatic carbocycles. The number of amides is 1. The first-order chi connectivity index (χ1) is 10.2. The predicted molar refractivity (Wildman–Crippen MR) is 83.7 cm³/mol. The van der Waals surface area contributed by atoms with Crippen molar-refractivity contribution in [3.05, 3.63) is 35.9 Å². The van der Waals surface area contributed by atoms with Gasteiger partial charge in [-0.05, 0) is 24.8 Å². The number of hydrogen-bond acceptors (Lipinski definition) is 3. The molecule has 116 valence electrons. The summed E-state index contributed by atoms with van der Waals surface area (Å²) in [4.78, 5) is 12.4. The molecule has 0 spiro atoms. The number of benzene rings is 1. The Morgan fingerprint density at radius 1 is 1.24 bits per heavy atom. The second kappa shape index (κ2) is 8.15. The lowest BCUT2D eigenvalue weighted by Crippen LogP contribution is -2.47. The first kappa shape index (κ1) is 16.0. The zero-order valence-electron chi connectivity index (χ0n) is 12.5. The van der Waals surface area contributed by atoms with Crippen LogP contribution < -0.4 is 11.1 Å². The number of carbonyl (C=O) groups excluding carboxylic acids is 1. The van der Waals surface area contributed by atoms with Crippen molar-refractivity contribution in [2.45, 2.75) is 50.7 Å². The molecule has 4 N–H and O–H groups in total. The molecule has 4 heteroatoms. The summed E-state index contributed by atoms with van der Waals surface area (Å²) in [6.07, 6.45) is 5.09. The highest BCUT2D eigenvalue weighted by Crippen LogP contribution is 2.19. The molecular formula is C17H26N2O2. The molecule has 0 bridgehead atoms. The Balaban J connectivity index is 1.93. The molecule has 1 aromatic rings. The smallest absolute Gasteiger partial charge is 0.225 e. The fourth-order valence-corrected chi connectivity index (χ4v) is 2.94. The zero-order chi connectivity index (χ0) is 15.1. The molecule has 4 nitrogen and oxygen atoms in total. The molecule has 3 unspecified atom stereocenters. The Morgan fingerprint density at radius 3 is 2.67 bits per heavy atom. The van der Waals surface area contributed by atoms with Crippen LogP contribution in [-0.4, -0.2) is 29.7 Å². The van der Waals surface area contributed by atoms with Crippen LogP contribution in [0.3, 0.4) is 0 Å². The van der Waals surface area contributed by atoms with Crippen molar-refractivity contribution in [1.82, 2.24) is 5.32 Å². The van der Waals surface area contributed by atoms with Crippen molar-refractivity contribution in [2.75, 3.05) is 6.54 Å². The Morgan fingerprint density at radius 2 is 1.95 bits per heavy atom. The van der Waals surface area contributed by atoms with Gasteiger partial charge in [-0.15, -0.1) is 0 Å². The maximum atomic E-state index is 12.4. The Bertz CT molecular complexity index is 436. The SMILES string of the molecule is NCC(Cc1ccccc1)C(=O)NC1CCCCCC1O. The molecule has 1 amide bonds. The van der Waals surface area contributed by atoms with Crippen molar-refractivity contribution < 1.29 is 9.90 Å². The van der Waals surface area contributed by atoms with Gasteiger partial charge in [0.05, 0.1) is 18.1 Å². The van der Waals surface area contributed by atoms with Gasteiger partial charge in [0.15, 0.2) is 0 Å². The van der Waals surface area contributed by atoms with E-state index in [9.17, 15) is 9.90 Å². The lowest BCUT2D eigenvalue weighted by Gasteiger charge is -2.24. The van der Waals surface area contributed by atoms with Crippen molar-refractivity contribution in [2.24, 2.45) is 11.7 Å². The molecule has 0 radical (unpaired) electrons. The Kier molecular flexibility index (Phi) is 6.21. The van der Waals surface area contributed by atoms with Crippen LogP contribution >= 0.6 is 0 Å². The monoisotopic (exact) mass is 290 g/mol. The molecule has 0 aromatic heterocycles. The molecule has 1 aliphatic rings. The van der Waals surface area contributed by atoms with E-state index in [2.05, 4.69) is 5.32 Å². The molecule has 0 saturated heterocycles. The van der Waals surface area contributed by atoms with Crippen LogP contribution in [-0.2, 0) is 11.2 Å². The van der Waals surface area contributed by atoms with Gasteiger partial charge in [0.25, 0.3) is 0 Å². The topological polar surface area (TPSA) is 75.4 Å². The molecule has 2 rings (SSSR count). The fraction of sp³-hybridized carbons (Fsp3) is 0.588. The summed E-state index contributed by atoms with van der Waals surface area (Å²) in [6, 6.07) is 9.80. The standard InChI is InChI=1S/C17H26N2O2/c18-12-14(11-13-7-3-1-4-8-13)17(21)19-15-9-5-2-6-10-16(15)20/h1,3-4,7-8,14-16,20H,2,5-6,9-12,18H2,(H,19,21). The largest absolute Gasteiger partial charge is 0.391 e. The Hall–Kier alpha value is -1.39. The molecule has 3 atom stereocenters. The van der Waals surface area contributed by atoms with Gasteiger partial charge in [-0.3, -0.25) is 4.79 Å². The molecule has 0 heterocycles. The molecule has 1 saturated carbocycles. The van der Waals surface area contributed by atoms with E-state index in [1.54, 1.807) is 0 Å². The third-order valence-electron chi connectivity index (χ3n) is 4.29. The summed E-state index contributed by atoms with van der Waals surface area (Å²) in [7, 11) is 0. The van der Waals surface area contributed by atoms with Crippen LogP contribution in [0.5, 0.6) is 0 Å². The van der Waals surface area contributed by atoms with Crippen molar-refractivity contribution in [3.63, 3.8) is 0 Å². The molecule has 1 aromatic carbocycles. The summed E-state index contributed by atoms with van der Waals surface area (Å²) in [5.74, 6) is -0.268. The molecule has 21 heavy (non-hydrogen) atoms. The third-order valence-corrected chi connectivity index (χ3v) is 4.29. The van der Waals surface area contributed by atoms with Gasteiger partial charge in [0, 0.05) is 6.54 Å². The summed E-state index contributed by atoms with van der Waals surface area (Å²) in [5.41, 5.74) is 6.88. The predicted octanol–water partition coefficient (Wildman–Crippen LogP) is 1.61. The number of carbonyl (C=O) groups is 1. The molecule has 1 fully saturated rings. The number of aliphatic hydroxyl groups excluding tert-OH is 1. The lowest BCUT2D eigenvalue weighted by atomic mass is 9.97. The van der Waals surface area contributed by atoms with E-state index in [1.807, 2.05) is 30.3 Å². The summed E-state index contributed by atoms with van der Waals surface area (Å²) >= 11 is 0. The van der Waals surface area contributed by atoms with Crippen molar-refractivity contribution in [3.8, 4) is 0 Å².